The molecule has 3 rings (SSSR count). The van der Waals surface area contributed by atoms with Crippen molar-refractivity contribution in [1.82, 2.24) is 0 Å². The lowest BCUT2D eigenvalue weighted by molar-refractivity contribution is 0.574. The summed E-state index contributed by atoms with van der Waals surface area (Å²) < 4.78 is 30.2. The van der Waals surface area contributed by atoms with Gasteiger partial charge in [0.05, 0.1) is 0 Å². The Morgan fingerprint density at radius 2 is 1.88 bits per heavy atom. The number of rotatable bonds is 7. The lowest BCUT2D eigenvalue weighted by Gasteiger charge is -2.23. The van der Waals surface area contributed by atoms with Crippen LogP contribution < -0.4 is 4.31 Å². The highest BCUT2D eigenvalue weighted by Crippen LogP contribution is 2.36. The van der Waals surface area contributed by atoms with Crippen LogP contribution in [-0.2, 0) is 6.42 Å². The molecular weight excluding hydrogens is 392 g/mol. The number of anilines is 1. The van der Waals surface area contributed by atoms with Gasteiger partial charge in [0, 0.05) is 34.9 Å². The molecule has 5 heteroatoms. The van der Waals surface area contributed by atoms with Crippen LogP contribution in [0.1, 0.15) is 30.9 Å². The maximum atomic E-state index is 13.9. The Morgan fingerprint density at radius 3 is 2.50 bits per heavy atom. The van der Waals surface area contributed by atoms with E-state index in [1.165, 1.54) is 30.7 Å². The summed E-state index contributed by atoms with van der Waals surface area (Å²) >= 11 is 5.44. The molecule has 24 heavy (non-hydrogen) atoms. The van der Waals surface area contributed by atoms with Gasteiger partial charge in [0.2, 0.25) is 0 Å². The molecule has 0 radical (unpaired) electrons. The molecule has 128 valence electrons. The van der Waals surface area contributed by atoms with Crippen LogP contribution in [0.15, 0.2) is 40.9 Å². The van der Waals surface area contributed by atoms with Crippen molar-refractivity contribution < 1.29 is 8.78 Å². The molecule has 2 aromatic carbocycles. The van der Waals surface area contributed by atoms with E-state index in [1.807, 2.05) is 18.0 Å². The first-order chi connectivity index (χ1) is 11.6. The lowest BCUT2D eigenvalue weighted by Crippen LogP contribution is -2.17. The molecule has 2 aromatic rings. The van der Waals surface area contributed by atoms with Crippen molar-refractivity contribution in [2.45, 2.75) is 26.2 Å². The molecule has 0 atom stereocenters. The maximum Gasteiger partial charge on any atom is 0.129 e. The SMILES string of the molecule is CCSN(CC1CC1)c1ccc(Cc2ccc(F)cc2F)c(Br)c1. The number of hydrogen-bond donors (Lipinski definition) is 0. The highest BCUT2D eigenvalue weighted by molar-refractivity contribution is 9.10. The second-order valence-electron chi connectivity index (χ2n) is 6.11. The zero-order valence-electron chi connectivity index (χ0n) is 13.6. The van der Waals surface area contributed by atoms with Gasteiger partial charge in [0.15, 0.2) is 0 Å². The van der Waals surface area contributed by atoms with Gasteiger partial charge in [-0.3, -0.25) is 0 Å². The van der Waals surface area contributed by atoms with Crippen molar-refractivity contribution in [3.8, 4) is 0 Å². The minimum atomic E-state index is -0.544. The average molecular weight is 412 g/mol. The van der Waals surface area contributed by atoms with Gasteiger partial charge >= 0.3 is 0 Å². The molecule has 1 aliphatic carbocycles. The standard InChI is InChI=1S/C19H20BrF2NS/c1-2-24-23(12-13-3-4-13)17-8-6-14(18(20)11-17)9-15-5-7-16(21)10-19(15)22/h5-8,10-11,13H,2-4,9,12H2,1H3. The van der Waals surface area contributed by atoms with E-state index in [9.17, 15) is 8.78 Å². The average Bonchev–Trinajstić information content (AvgIpc) is 3.35. The van der Waals surface area contributed by atoms with Crippen molar-refractivity contribution in [2.24, 2.45) is 5.92 Å². The molecule has 0 unspecified atom stereocenters. The molecule has 0 bridgehead atoms. The van der Waals surface area contributed by atoms with Crippen molar-refractivity contribution >= 4 is 33.6 Å². The summed E-state index contributed by atoms with van der Waals surface area (Å²) in [6, 6.07) is 9.97. The normalized spacial score (nSPS) is 14.0. The van der Waals surface area contributed by atoms with E-state index < -0.39 is 11.6 Å². The van der Waals surface area contributed by atoms with Gasteiger partial charge in [-0.1, -0.05) is 46.9 Å². The molecule has 0 aromatic heterocycles. The van der Waals surface area contributed by atoms with Crippen LogP contribution in [0.3, 0.4) is 0 Å². The first kappa shape index (κ1) is 17.7. The molecule has 0 N–H and O–H groups in total. The fourth-order valence-corrected chi connectivity index (χ4v) is 4.03. The van der Waals surface area contributed by atoms with Crippen molar-refractivity contribution in [3.63, 3.8) is 0 Å². The maximum absolute atomic E-state index is 13.9. The van der Waals surface area contributed by atoms with Gasteiger partial charge in [0.1, 0.15) is 11.6 Å². The molecule has 0 heterocycles. The van der Waals surface area contributed by atoms with E-state index in [-0.39, 0.29) is 0 Å². The fraction of sp³-hybridized carbons (Fsp3) is 0.368. The van der Waals surface area contributed by atoms with Crippen LogP contribution in [0.25, 0.3) is 0 Å². The van der Waals surface area contributed by atoms with E-state index in [1.54, 1.807) is 0 Å². The van der Waals surface area contributed by atoms with E-state index in [0.29, 0.717) is 12.0 Å². The Morgan fingerprint density at radius 1 is 1.12 bits per heavy atom. The number of hydrogen-bond acceptors (Lipinski definition) is 2. The fourth-order valence-electron chi connectivity index (χ4n) is 2.63. The predicted octanol–water partition coefficient (Wildman–Crippen LogP) is 6.20. The van der Waals surface area contributed by atoms with Gasteiger partial charge < -0.3 is 4.31 Å². The second-order valence-corrected chi connectivity index (χ2v) is 8.24. The van der Waals surface area contributed by atoms with Gasteiger partial charge in [0.25, 0.3) is 0 Å². The minimum absolute atomic E-state index is 0.441. The van der Waals surface area contributed by atoms with Crippen LogP contribution in [0.4, 0.5) is 14.5 Å². The topological polar surface area (TPSA) is 3.24 Å². The molecule has 0 aliphatic heterocycles. The molecule has 1 nitrogen and oxygen atoms in total. The van der Waals surface area contributed by atoms with Gasteiger partial charge in [-0.2, -0.15) is 0 Å². The van der Waals surface area contributed by atoms with Crippen molar-refractivity contribution in [1.29, 1.82) is 0 Å². The molecule has 1 saturated carbocycles. The summed E-state index contributed by atoms with van der Waals surface area (Å²) in [5, 5.41) is 0. The smallest absolute Gasteiger partial charge is 0.129 e. The Kier molecular flexibility index (Phi) is 5.82. The molecule has 1 fully saturated rings. The van der Waals surface area contributed by atoms with Gasteiger partial charge in [-0.15, -0.1) is 0 Å². The summed E-state index contributed by atoms with van der Waals surface area (Å²) in [6.45, 7) is 3.24. The summed E-state index contributed by atoms with van der Waals surface area (Å²) in [7, 11) is 0. The Labute approximate surface area is 154 Å². The summed E-state index contributed by atoms with van der Waals surface area (Å²) in [5.74, 6) is 0.809. The first-order valence-corrected chi connectivity index (χ1v) is 9.93. The molecule has 0 amide bonds. The molecule has 0 spiro atoms. The van der Waals surface area contributed by atoms with E-state index in [4.69, 9.17) is 0 Å². The minimum Gasteiger partial charge on any atom is -0.316 e. The lowest BCUT2D eigenvalue weighted by atomic mass is 10.0. The third kappa shape index (κ3) is 4.51. The highest BCUT2D eigenvalue weighted by Gasteiger charge is 2.25. The van der Waals surface area contributed by atoms with Crippen molar-refractivity contribution in [3.05, 3.63) is 63.6 Å². The van der Waals surface area contributed by atoms with Crippen LogP contribution >= 0.6 is 27.9 Å². The second kappa shape index (κ2) is 7.87. The van der Waals surface area contributed by atoms with Crippen LogP contribution in [0.5, 0.6) is 0 Å². The Hall–Kier alpha value is -1.07. The number of nitrogens with zero attached hydrogens (tertiary/aromatic N) is 1. The zero-order chi connectivity index (χ0) is 17.1. The van der Waals surface area contributed by atoms with Crippen LogP contribution in [0.2, 0.25) is 0 Å². The highest BCUT2D eigenvalue weighted by atomic mass is 79.9. The van der Waals surface area contributed by atoms with E-state index >= 15 is 0 Å². The van der Waals surface area contributed by atoms with Crippen LogP contribution in [0, 0.1) is 17.6 Å². The summed E-state index contributed by atoms with van der Waals surface area (Å²) in [5.41, 5.74) is 2.67. The predicted molar refractivity (Wildman–Crippen MR) is 102 cm³/mol. The monoisotopic (exact) mass is 411 g/mol. The van der Waals surface area contributed by atoms with Crippen LogP contribution in [-0.4, -0.2) is 12.3 Å². The summed E-state index contributed by atoms with van der Waals surface area (Å²) in [6.07, 6.45) is 3.09. The molecule has 1 aliphatic rings. The van der Waals surface area contributed by atoms with Gasteiger partial charge in [-0.25, -0.2) is 8.78 Å². The Balaban J connectivity index is 1.78. The number of halogens is 3. The summed E-state index contributed by atoms with van der Waals surface area (Å²) in [4.78, 5) is 0. The quantitative estimate of drug-likeness (QED) is 0.498. The van der Waals surface area contributed by atoms with Gasteiger partial charge in [-0.05, 0) is 48.1 Å². The first-order valence-electron chi connectivity index (χ1n) is 8.19. The Bertz CT molecular complexity index is 719. The molecule has 0 saturated heterocycles. The third-order valence-corrected chi connectivity index (χ3v) is 5.79. The number of benzene rings is 2. The van der Waals surface area contributed by atoms with E-state index in [0.717, 1.165) is 34.3 Å². The largest absolute Gasteiger partial charge is 0.316 e. The third-order valence-electron chi connectivity index (χ3n) is 4.13. The van der Waals surface area contributed by atoms with Crippen molar-refractivity contribution in [2.75, 3.05) is 16.6 Å². The molecular formula is C19H20BrF2NS. The zero-order valence-corrected chi connectivity index (χ0v) is 16.0. The van der Waals surface area contributed by atoms with E-state index in [2.05, 4.69) is 39.3 Å².